The first-order valence-corrected chi connectivity index (χ1v) is 7.60. The largest absolute Gasteiger partial charge is 0.295 e. The molecule has 1 saturated heterocycles. The van der Waals surface area contributed by atoms with E-state index in [4.69, 9.17) is 4.28 Å². The molecule has 18 heavy (non-hydrogen) atoms. The number of hydroxylamine groups is 2. The summed E-state index contributed by atoms with van der Waals surface area (Å²) >= 11 is 4.82. The zero-order valence-electron chi connectivity index (χ0n) is 11.0. The molecule has 0 aromatic heterocycles. The van der Waals surface area contributed by atoms with Crippen molar-refractivity contribution in [1.29, 1.82) is 0 Å². The van der Waals surface area contributed by atoms with Gasteiger partial charge in [0, 0.05) is 29.3 Å². The number of anilines is 1. The highest BCUT2D eigenvalue weighted by Gasteiger charge is 2.33. The van der Waals surface area contributed by atoms with E-state index >= 15 is 0 Å². The molecule has 100 valence electrons. The molecule has 0 spiro atoms. The average molecular weight is 331 g/mol. The Morgan fingerprint density at radius 3 is 2.56 bits per heavy atom. The van der Waals surface area contributed by atoms with Crippen molar-refractivity contribution in [1.82, 2.24) is 5.06 Å². The van der Waals surface area contributed by atoms with Crippen LogP contribution in [-0.2, 0) is 4.28 Å². The minimum atomic E-state index is 0.146. The molecule has 2 rings (SSSR count). The summed E-state index contributed by atoms with van der Waals surface area (Å²) in [6.45, 7) is 5.45. The standard InChI is InChI=1S/C13H19BrN2OS/c1-13(2)9-4-10-16(13)17-18-15(3)12-7-5-11(14)6-8-12/h5-8H,4,9-10H2,1-3H3. The first-order valence-electron chi connectivity index (χ1n) is 6.11. The molecule has 1 aromatic carbocycles. The van der Waals surface area contributed by atoms with Gasteiger partial charge in [-0.2, -0.15) is 5.06 Å². The SMILES string of the molecule is CN(SON1CCCC1(C)C)c1ccc(Br)cc1. The third-order valence-corrected chi connectivity index (χ3v) is 4.46. The molecule has 0 unspecified atom stereocenters. The first kappa shape index (κ1) is 14.2. The van der Waals surface area contributed by atoms with Crippen molar-refractivity contribution in [3.05, 3.63) is 28.7 Å². The van der Waals surface area contributed by atoms with Gasteiger partial charge in [-0.15, -0.1) is 0 Å². The normalized spacial score (nSPS) is 19.1. The maximum absolute atomic E-state index is 5.83. The Bertz CT molecular complexity index is 396. The summed E-state index contributed by atoms with van der Waals surface area (Å²) in [7, 11) is 2.01. The summed E-state index contributed by atoms with van der Waals surface area (Å²) in [5.41, 5.74) is 1.27. The first-order chi connectivity index (χ1) is 8.49. The van der Waals surface area contributed by atoms with Gasteiger partial charge in [-0.05, 0) is 51.0 Å². The molecule has 3 nitrogen and oxygen atoms in total. The second-order valence-electron chi connectivity index (χ2n) is 5.14. The van der Waals surface area contributed by atoms with Crippen LogP contribution in [-0.4, -0.2) is 24.2 Å². The van der Waals surface area contributed by atoms with Gasteiger partial charge in [0.05, 0.1) is 0 Å². The molecule has 1 heterocycles. The predicted octanol–water partition coefficient (Wildman–Crippen LogP) is 4.25. The van der Waals surface area contributed by atoms with Crippen molar-refractivity contribution < 1.29 is 4.28 Å². The summed E-state index contributed by atoms with van der Waals surface area (Å²) < 4.78 is 8.95. The van der Waals surface area contributed by atoms with Crippen molar-refractivity contribution in [3.8, 4) is 0 Å². The lowest BCUT2D eigenvalue weighted by Crippen LogP contribution is -2.37. The second kappa shape index (κ2) is 5.82. The van der Waals surface area contributed by atoms with Crippen LogP contribution in [0.15, 0.2) is 28.7 Å². The number of benzene rings is 1. The van der Waals surface area contributed by atoms with E-state index in [-0.39, 0.29) is 5.54 Å². The number of halogens is 1. The van der Waals surface area contributed by atoms with E-state index in [9.17, 15) is 0 Å². The maximum atomic E-state index is 5.83. The Hall–Kier alpha value is -0.230. The minimum Gasteiger partial charge on any atom is -0.295 e. The van der Waals surface area contributed by atoms with Crippen LogP contribution in [0, 0.1) is 0 Å². The molecular weight excluding hydrogens is 312 g/mol. The van der Waals surface area contributed by atoms with Crippen molar-refractivity contribution in [2.45, 2.75) is 32.2 Å². The van der Waals surface area contributed by atoms with Crippen LogP contribution in [0.3, 0.4) is 0 Å². The fraction of sp³-hybridized carbons (Fsp3) is 0.538. The lowest BCUT2D eigenvalue weighted by Gasteiger charge is -2.30. The van der Waals surface area contributed by atoms with Crippen molar-refractivity contribution >= 4 is 33.8 Å². The molecule has 0 atom stereocenters. The molecule has 0 radical (unpaired) electrons. The topological polar surface area (TPSA) is 15.7 Å². The third kappa shape index (κ3) is 3.41. The number of hydrogen-bond acceptors (Lipinski definition) is 4. The summed E-state index contributed by atoms with van der Waals surface area (Å²) in [5, 5.41) is 2.08. The molecule has 0 saturated carbocycles. The summed E-state index contributed by atoms with van der Waals surface area (Å²) in [6, 6.07) is 8.20. The highest BCUT2D eigenvalue weighted by Crippen LogP contribution is 2.32. The van der Waals surface area contributed by atoms with E-state index in [1.807, 2.05) is 23.5 Å². The highest BCUT2D eigenvalue weighted by molar-refractivity contribution is 9.10. The zero-order valence-corrected chi connectivity index (χ0v) is 13.4. The Kier molecular flexibility index (Phi) is 4.59. The van der Waals surface area contributed by atoms with E-state index < -0.39 is 0 Å². The Morgan fingerprint density at radius 1 is 1.33 bits per heavy atom. The van der Waals surface area contributed by atoms with Crippen LogP contribution in [0.5, 0.6) is 0 Å². The Labute approximate surface area is 122 Å². The number of nitrogens with zero attached hydrogens (tertiary/aromatic N) is 2. The van der Waals surface area contributed by atoms with Gasteiger partial charge in [0.15, 0.2) is 0 Å². The number of hydrogen-bond donors (Lipinski definition) is 0. The van der Waals surface area contributed by atoms with Crippen LogP contribution in [0.1, 0.15) is 26.7 Å². The minimum absolute atomic E-state index is 0.146. The molecule has 1 fully saturated rings. The Morgan fingerprint density at radius 2 is 2.00 bits per heavy atom. The van der Waals surface area contributed by atoms with Crippen molar-refractivity contribution in [2.75, 3.05) is 17.9 Å². The van der Waals surface area contributed by atoms with E-state index in [1.165, 1.54) is 25.1 Å². The van der Waals surface area contributed by atoms with Crippen molar-refractivity contribution in [3.63, 3.8) is 0 Å². The van der Waals surface area contributed by atoms with Gasteiger partial charge in [0.2, 0.25) is 0 Å². The predicted molar refractivity (Wildman–Crippen MR) is 81.2 cm³/mol. The fourth-order valence-corrected chi connectivity index (χ4v) is 2.93. The molecule has 0 N–H and O–H groups in total. The van der Waals surface area contributed by atoms with Crippen molar-refractivity contribution in [2.24, 2.45) is 0 Å². The molecule has 1 aliphatic rings. The van der Waals surface area contributed by atoms with E-state index in [2.05, 4.69) is 47.0 Å². The monoisotopic (exact) mass is 330 g/mol. The fourth-order valence-electron chi connectivity index (χ4n) is 2.01. The molecule has 5 heteroatoms. The second-order valence-corrected chi connectivity index (χ2v) is 6.90. The van der Waals surface area contributed by atoms with Crippen LogP contribution in [0.25, 0.3) is 0 Å². The van der Waals surface area contributed by atoms with E-state index in [1.54, 1.807) is 0 Å². The zero-order chi connectivity index (χ0) is 13.2. The number of rotatable bonds is 4. The van der Waals surface area contributed by atoms with Crippen LogP contribution in [0.2, 0.25) is 0 Å². The lowest BCUT2D eigenvalue weighted by atomic mass is 10.0. The Balaban J connectivity index is 1.88. The van der Waals surface area contributed by atoms with Crippen LogP contribution >= 0.6 is 28.2 Å². The molecule has 1 aliphatic heterocycles. The third-order valence-electron chi connectivity index (χ3n) is 3.25. The van der Waals surface area contributed by atoms with Gasteiger partial charge in [-0.25, -0.2) is 4.28 Å². The lowest BCUT2D eigenvalue weighted by molar-refractivity contribution is -0.0876. The van der Waals surface area contributed by atoms with Gasteiger partial charge in [0.25, 0.3) is 0 Å². The van der Waals surface area contributed by atoms with Gasteiger partial charge >= 0.3 is 0 Å². The summed E-state index contributed by atoms with van der Waals surface area (Å²) in [6.07, 6.45) is 2.39. The van der Waals surface area contributed by atoms with Crippen LogP contribution in [0.4, 0.5) is 5.69 Å². The summed E-state index contributed by atoms with van der Waals surface area (Å²) in [5.74, 6) is 0. The molecule has 0 aliphatic carbocycles. The smallest absolute Gasteiger partial charge is 0.135 e. The van der Waals surface area contributed by atoms with E-state index in [0.717, 1.165) is 16.7 Å². The molecule has 0 amide bonds. The molecular formula is C13H19BrN2OS. The van der Waals surface area contributed by atoms with Gasteiger partial charge in [-0.3, -0.25) is 4.31 Å². The van der Waals surface area contributed by atoms with E-state index in [0.29, 0.717) is 0 Å². The highest BCUT2D eigenvalue weighted by atomic mass is 79.9. The van der Waals surface area contributed by atoms with Gasteiger partial charge in [0.1, 0.15) is 12.2 Å². The maximum Gasteiger partial charge on any atom is 0.135 e. The average Bonchev–Trinajstić information content (AvgIpc) is 2.66. The van der Waals surface area contributed by atoms with Gasteiger partial charge < -0.3 is 0 Å². The van der Waals surface area contributed by atoms with Crippen LogP contribution < -0.4 is 4.31 Å². The van der Waals surface area contributed by atoms with Gasteiger partial charge in [-0.1, -0.05) is 15.9 Å². The summed E-state index contributed by atoms with van der Waals surface area (Å²) in [4.78, 5) is 0. The molecule has 0 bridgehead atoms. The molecule has 1 aromatic rings. The quantitative estimate of drug-likeness (QED) is 0.605.